The number of nitrogens with one attached hydrogen (secondary N) is 2. The van der Waals surface area contributed by atoms with Gasteiger partial charge in [0.15, 0.2) is 0 Å². The standard InChI is InChI=1S/C4H10N2.C4H4O4.C4H4S/c1-2-6-4-3-5-1;5-3(6)1-2-4(7)8;1-2-4-5-3-1/h5-6H,1-4H2;1-2H,(H,5,6)(H,7,8);1-4H/b;2-1-;. The zero-order chi connectivity index (χ0) is 14.3. The summed E-state index contributed by atoms with van der Waals surface area (Å²) in [7, 11) is 0. The predicted molar refractivity (Wildman–Crippen MR) is 74.5 cm³/mol. The Balaban J connectivity index is 0.000000262. The third kappa shape index (κ3) is 16.3. The van der Waals surface area contributed by atoms with Gasteiger partial charge in [0, 0.05) is 38.3 Å². The van der Waals surface area contributed by atoms with Crippen molar-refractivity contribution in [1.29, 1.82) is 0 Å². The van der Waals surface area contributed by atoms with Crippen molar-refractivity contribution in [2.75, 3.05) is 26.2 Å². The van der Waals surface area contributed by atoms with Gasteiger partial charge in [-0.1, -0.05) is 12.1 Å². The number of hydrogen-bond acceptors (Lipinski definition) is 5. The predicted octanol–water partition coefficient (Wildman–Crippen LogP) is 0.639. The van der Waals surface area contributed by atoms with Crippen molar-refractivity contribution in [3.05, 3.63) is 35.0 Å². The zero-order valence-electron chi connectivity index (χ0n) is 10.4. The molecule has 1 aromatic rings. The molecule has 1 saturated heterocycles. The van der Waals surface area contributed by atoms with E-state index in [1.54, 1.807) is 11.3 Å². The summed E-state index contributed by atoms with van der Waals surface area (Å²) in [6, 6.07) is 4.04. The number of carboxylic acids is 2. The molecule has 19 heavy (non-hydrogen) atoms. The first kappa shape index (κ1) is 17.3. The van der Waals surface area contributed by atoms with E-state index in [-0.39, 0.29) is 0 Å². The maximum Gasteiger partial charge on any atom is 0.328 e. The van der Waals surface area contributed by atoms with Crippen LogP contribution in [0.2, 0.25) is 0 Å². The molecule has 1 fully saturated rings. The van der Waals surface area contributed by atoms with E-state index >= 15 is 0 Å². The Kier molecular flexibility index (Phi) is 11.6. The number of piperazine rings is 1. The number of hydrogen-bond donors (Lipinski definition) is 4. The van der Waals surface area contributed by atoms with Gasteiger partial charge in [-0.15, -0.1) is 0 Å². The van der Waals surface area contributed by atoms with E-state index in [1.807, 2.05) is 22.9 Å². The molecule has 1 aliphatic rings. The van der Waals surface area contributed by atoms with Crippen molar-refractivity contribution < 1.29 is 19.8 Å². The van der Waals surface area contributed by atoms with Crippen molar-refractivity contribution in [2.45, 2.75) is 0 Å². The molecule has 0 aliphatic carbocycles. The molecule has 0 spiro atoms. The van der Waals surface area contributed by atoms with Crippen molar-refractivity contribution >= 4 is 23.3 Å². The lowest BCUT2D eigenvalue weighted by molar-refractivity contribution is -0.134. The highest BCUT2D eigenvalue weighted by Gasteiger charge is 1.91. The van der Waals surface area contributed by atoms with E-state index in [2.05, 4.69) is 10.6 Å². The Bertz CT molecular complexity index is 317. The minimum Gasteiger partial charge on any atom is -0.478 e. The number of carboxylic acid groups (broad SMARTS) is 2. The van der Waals surface area contributed by atoms with Gasteiger partial charge in [-0.05, 0) is 10.8 Å². The second-order valence-electron chi connectivity index (χ2n) is 3.30. The second kappa shape index (κ2) is 12.7. The molecular weight excluding hydrogens is 268 g/mol. The lowest BCUT2D eigenvalue weighted by Gasteiger charge is -2.11. The summed E-state index contributed by atoms with van der Waals surface area (Å²) in [5.74, 6) is -2.51. The summed E-state index contributed by atoms with van der Waals surface area (Å²) in [6.45, 7) is 4.56. The van der Waals surface area contributed by atoms with Crippen LogP contribution in [0.1, 0.15) is 0 Å². The van der Waals surface area contributed by atoms with Gasteiger partial charge in [0.1, 0.15) is 0 Å². The summed E-state index contributed by atoms with van der Waals surface area (Å²) in [6.07, 6.45) is 1.12. The molecule has 106 valence electrons. The maximum absolute atomic E-state index is 9.55. The van der Waals surface area contributed by atoms with E-state index in [4.69, 9.17) is 10.2 Å². The lowest BCUT2D eigenvalue weighted by Crippen LogP contribution is -2.39. The first-order valence-electron chi connectivity index (χ1n) is 5.65. The van der Waals surface area contributed by atoms with Crippen LogP contribution in [0, 0.1) is 0 Å². The first-order valence-corrected chi connectivity index (χ1v) is 6.59. The Labute approximate surface area is 115 Å². The molecule has 1 aliphatic heterocycles. The largest absolute Gasteiger partial charge is 0.478 e. The third-order valence-electron chi connectivity index (χ3n) is 1.75. The van der Waals surface area contributed by atoms with E-state index in [1.165, 1.54) is 0 Å². The van der Waals surface area contributed by atoms with E-state index in [9.17, 15) is 9.59 Å². The highest BCUT2D eigenvalue weighted by molar-refractivity contribution is 7.07. The molecule has 7 heteroatoms. The lowest BCUT2D eigenvalue weighted by atomic mass is 10.4. The molecule has 0 atom stereocenters. The highest BCUT2D eigenvalue weighted by Crippen LogP contribution is 1.91. The van der Waals surface area contributed by atoms with Crippen LogP contribution in [0.15, 0.2) is 35.0 Å². The minimum absolute atomic E-state index is 0.558. The molecule has 2 heterocycles. The minimum atomic E-state index is -1.26. The van der Waals surface area contributed by atoms with Crippen molar-refractivity contribution in [3.8, 4) is 0 Å². The van der Waals surface area contributed by atoms with Crippen LogP contribution >= 0.6 is 11.3 Å². The summed E-state index contributed by atoms with van der Waals surface area (Å²) in [5.41, 5.74) is 0. The SMILES string of the molecule is C1CNCCN1.O=C(O)/C=C\C(=O)O.c1ccsc1. The Morgan fingerprint density at radius 3 is 1.42 bits per heavy atom. The van der Waals surface area contributed by atoms with Crippen molar-refractivity contribution in [1.82, 2.24) is 10.6 Å². The van der Waals surface area contributed by atoms with Gasteiger partial charge in [-0.3, -0.25) is 0 Å². The number of thiophene rings is 1. The summed E-state index contributed by atoms with van der Waals surface area (Å²) in [5, 5.41) is 26.2. The second-order valence-corrected chi connectivity index (χ2v) is 4.12. The van der Waals surface area contributed by atoms with Gasteiger partial charge in [-0.25, -0.2) is 9.59 Å². The smallest absolute Gasteiger partial charge is 0.328 e. The average molecular weight is 286 g/mol. The quantitative estimate of drug-likeness (QED) is 0.596. The fraction of sp³-hybridized carbons (Fsp3) is 0.333. The monoisotopic (exact) mass is 286 g/mol. The molecule has 2 rings (SSSR count). The molecule has 4 N–H and O–H groups in total. The van der Waals surface area contributed by atoms with Gasteiger partial charge >= 0.3 is 11.9 Å². The van der Waals surface area contributed by atoms with Crippen LogP contribution in [0.3, 0.4) is 0 Å². The van der Waals surface area contributed by atoms with Crippen LogP contribution in [-0.4, -0.2) is 48.3 Å². The Morgan fingerprint density at radius 2 is 1.26 bits per heavy atom. The highest BCUT2D eigenvalue weighted by atomic mass is 32.1. The van der Waals surface area contributed by atoms with Crippen molar-refractivity contribution in [3.63, 3.8) is 0 Å². The zero-order valence-corrected chi connectivity index (χ0v) is 11.2. The average Bonchev–Trinajstić information content (AvgIpc) is 2.98. The fourth-order valence-corrected chi connectivity index (χ4v) is 1.43. The third-order valence-corrected chi connectivity index (χ3v) is 2.38. The normalized spacial score (nSPS) is 13.7. The molecular formula is C12H18N2O4S. The van der Waals surface area contributed by atoms with E-state index < -0.39 is 11.9 Å². The van der Waals surface area contributed by atoms with Gasteiger partial charge in [0.25, 0.3) is 0 Å². The molecule has 1 aromatic heterocycles. The van der Waals surface area contributed by atoms with Crippen LogP contribution in [0.5, 0.6) is 0 Å². The number of carbonyl (C=O) groups is 2. The Hall–Kier alpha value is -1.70. The van der Waals surface area contributed by atoms with Crippen molar-refractivity contribution in [2.24, 2.45) is 0 Å². The van der Waals surface area contributed by atoms with Crippen LogP contribution < -0.4 is 10.6 Å². The molecule has 0 amide bonds. The van der Waals surface area contributed by atoms with E-state index in [0.717, 1.165) is 26.2 Å². The fourth-order valence-electron chi connectivity index (χ4n) is 0.973. The molecule has 6 nitrogen and oxygen atoms in total. The molecule has 0 radical (unpaired) electrons. The molecule has 0 bridgehead atoms. The summed E-state index contributed by atoms with van der Waals surface area (Å²) >= 11 is 1.71. The van der Waals surface area contributed by atoms with E-state index in [0.29, 0.717) is 12.2 Å². The topological polar surface area (TPSA) is 98.7 Å². The van der Waals surface area contributed by atoms with Gasteiger partial charge in [0.05, 0.1) is 0 Å². The van der Waals surface area contributed by atoms with Gasteiger partial charge in [-0.2, -0.15) is 11.3 Å². The molecule has 0 unspecified atom stereocenters. The molecule has 0 saturated carbocycles. The number of aliphatic carboxylic acids is 2. The van der Waals surface area contributed by atoms with Crippen LogP contribution in [0.25, 0.3) is 0 Å². The first-order chi connectivity index (χ1) is 9.13. The maximum atomic E-state index is 9.55. The molecule has 0 aromatic carbocycles. The summed E-state index contributed by atoms with van der Waals surface area (Å²) < 4.78 is 0. The van der Waals surface area contributed by atoms with Crippen LogP contribution in [0.4, 0.5) is 0 Å². The summed E-state index contributed by atoms with van der Waals surface area (Å²) in [4.78, 5) is 19.1. The van der Waals surface area contributed by atoms with Gasteiger partial charge < -0.3 is 20.8 Å². The number of rotatable bonds is 2. The Morgan fingerprint density at radius 1 is 0.895 bits per heavy atom. The van der Waals surface area contributed by atoms with Gasteiger partial charge in [0.2, 0.25) is 0 Å². The van der Waals surface area contributed by atoms with Crippen LogP contribution in [-0.2, 0) is 9.59 Å².